The summed E-state index contributed by atoms with van der Waals surface area (Å²) in [5.74, 6) is 0. The van der Waals surface area contributed by atoms with E-state index in [-0.39, 0.29) is 17.2 Å². The number of aromatic nitrogens is 1. The van der Waals surface area contributed by atoms with Gasteiger partial charge in [0.2, 0.25) is 5.43 Å². The second-order valence-corrected chi connectivity index (χ2v) is 5.33. The zero-order valence-corrected chi connectivity index (χ0v) is 12.0. The van der Waals surface area contributed by atoms with Gasteiger partial charge >= 0.3 is 0 Å². The van der Waals surface area contributed by atoms with E-state index in [9.17, 15) is 4.79 Å². The summed E-state index contributed by atoms with van der Waals surface area (Å²) in [7, 11) is 0. The second kappa shape index (κ2) is 5.86. The van der Waals surface area contributed by atoms with Gasteiger partial charge < -0.3 is 15.0 Å². The van der Waals surface area contributed by atoms with E-state index in [0.717, 1.165) is 26.2 Å². The average Bonchev–Trinajstić information content (AvgIpc) is 2.36. The molecule has 0 aliphatic carbocycles. The topological polar surface area (TPSA) is 60.5 Å². The molecule has 1 aromatic heterocycles. The first kappa shape index (κ1) is 13.6. The van der Waals surface area contributed by atoms with Crippen LogP contribution < -0.4 is 11.2 Å². The SMILES string of the molecule is CCN1CCOC(Cn2cc(N)c(=O)c(Br)c2)C1. The number of nitrogen functional groups attached to an aromatic ring is 1. The molecule has 0 bridgehead atoms. The summed E-state index contributed by atoms with van der Waals surface area (Å²) in [6.07, 6.45) is 3.57. The van der Waals surface area contributed by atoms with Gasteiger partial charge in [-0.25, -0.2) is 0 Å². The Labute approximate surface area is 115 Å². The van der Waals surface area contributed by atoms with Crippen molar-refractivity contribution in [2.75, 3.05) is 32.0 Å². The van der Waals surface area contributed by atoms with Crippen molar-refractivity contribution in [3.8, 4) is 0 Å². The molecule has 1 saturated heterocycles. The van der Waals surface area contributed by atoms with Crippen molar-refractivity contribution in [3.63, 3.8) is 0 Å². The Morgan fingerprint density at radius 2 is 2.33 bits per heavy atom. The van der Waals surface area contributed by atoms with Crippen molar-refractivity contribution in [2.24, 2.45) is 0 Å². The van der Waals surface area contributed by atoms with Crippen LogP contribution in [0.1, 0.15) is 6.92 Å². The Bertz CT molecular complexity index is 449. The number of pyridine rings is 1. The number of hydrogen-bond donors (Lipinski definition) is 1. The molecule has 0 amide bonds. The Morgan fingerprint density at radius 1 is 1.56 bits per heavy atom. The number of nitrogens with two attached hydrogens (primary N) is 1. The lowest BCUT2D eigenvalue weighted by Gasteiger charge is -2.32. The minimum atomic E-state index is -0.161. The molecule has 2 rings (SSSR count). The van der Waals surface area contributed by atoms with Crippen LogP contribution >= 0.6 is 15.9 Å². The van der Waals surface area contributed by atoms with Gasteiger partial charge in [-0.2, -0.15) is 0 Å². The van der Waals surface area contributed by atoms with E-state index in [0.29, 0.717) is 11.0 Å². The third-order valence-corrected chi connectivity index (χ3v) is 3.71. The molecular formula is C12H18BrN3O2. The molecule has 100 valence electrons. The first-order valence-electron chi connectivity index (χ1n) is 6.09. The van der Waals surface area contributed by atoms with Gasteiger partial charge in [-0.05, 0) is 22.5 Å². The van der Waals surface area contributed by atoms with Crippen LogP contribution in [0.4, 0.5) is 5.69 Å². The Kier molecular flexibility index (Phi) is 4.42. The van der Waals surface area contributed by atoms with Gasteiger partial charge in [0.1, 0.15) is 0 Å². The highest BCUT2D eigenvalue weighted by atomic mass is 79.9. The number of morpholine rings is 1. The summed E-state index contributed by atoms with van der Waals surface area (Å²) < 4.78 is 8.13. The normalized spacial score (nSPS) is 21.1. The third-order valence-electron chi connectivity index (χ3n) is 3.15. The molecule has 1 aliphatic rings. The van der Waals surface area contributed by atoms with E-state index in [1.54, 1.807) is 12.4 Å². The van der Waals surface area contributed by atoms with Crippen molar-refractivity contribution in [1.82, 2.24) is 9.47 Å². The summed E-state index contributed by atoms with van der Waals surface area (Å²) in [4.78, 5) is 13.8. The van der Waals surface area contributed by atoms with Crippen LogP contribution in [0.15, 0.2) is 21.7 Å². The number of ether oxygens (including phenoxy) is 1. The smallest absolute Gasteiger partial charge is 0.218 e. The van der Waals surface area contributed by atoms with Crippen LogP contribution in [0.3, 0.4) is 0 Å². The van der Waals surface area contributed by atoms with Gasteiger partial charge in [0.05, 0.1) is 22.9 Å². The zero-order chi connectivity index (χ0) is 13.1. The molecule has 2 N–H and O–H groups in total. The van der Waals surface area contributed by atoms with Crippen LogP contribution in [-0.2, 0) is 11.3 Å². The van der Waals surface area contributed by atoms with Gasteiger partial charge in [-0.3, -0.25) is 9.69 Å². The lowest BCUT2D eigenvalue weighted by molar-refractivity contribution is -0.0343. The monoisotopic (exact) mass is 315 g/mol. The van der Waals surface area contributed by atoms with Crippen LogP contribution in [0.5, 0.6) is 0 Å². The summed E-state index contributed by atoms with van der Waals surface area (Å²) in [6, 6.07) is 0. The van der Waals surface area contributed by atoms with Gasteiger partial charge in [0, 0.05) is 32.0 Å². The van der Waals surface area contributed by atoms with Crippen molar-refractivity contribution in [3.05, 3.63) is 27.1 Å². The highest BCUT2D eigenvalue weighted by molar-refractivity contribution is 9.10. The molecular weight excluding hydrogens is 298 g/mol. The average molecular weight is 316 g/mol. The van der Waals surface area contributed by atoms with E-state index >= 15 is 0 Å². The van der Waals surface area contributed by atoms with Gasteiger partial charge in [-0.1, -0.05) is 6.92 Å². The Balaban J connectivity index is 2.07. The molecule has 1 atom stereocenters. The number of hydrogen-bond acceptors (Lipinski definition) is 4. The number of rotatable bonds is 3. The predicted molar refractivity (Wildman–Crippen MR) is 74.7 cm³/mol. The van der Waals surface area contributed by atoms with Crippen LogP contribution in [0.2, 0.25) is 0 Å². The minimum absolute atomic E-state index is 0.146. The molecule has 6 heteroatoms. The summed E-state index contributed by atoms with van der Waals surface area (Å²) in [6.45, 7) is 6.56. The maximum Gasteiger partial charge on any atom is 0.218 e. The number of halogens is 1. The van der Waals surface area contributed by atoms with E-state index < -0.39 is 0 Å². The zero-order valence-electron chi connectivity index (χ0n) is 10.4. The van der Waals surface area contributed by atoms with Gasteiger partial charge in [0.25, 0.3) is 0 Å². The van der Waals surface area contributed by atoms with Crippen molar-refractivity contribution >= 4 is 21.6 Å². The number of anilines is 1. The summed E-state index contributed by atoms with van der Waals surface area (Å²) in [5.41, 5.74) is 5.76. The highest BCUT2D eigenvalue weighted by Gasteiger charge is 2.19. The van der Waals surface area contributed by atoms with E-state index in [2.05, 4.69) is 27.8 Å². The molecule has 1 fully saturated rings. The molecule has 0 saturated carbocycles. The molecule has 18 heavy (non-hydrogen) atoms. The molecule has 2 heterocycles. The van der Waals surface area contributed by atoms with Crippen molar-refractivity contribution < 1.29 is 4.74 Å². The fourth-order valence-corrected chi connectivity index (χ4v) is 2.63. The fourth-order valence-electron chi connectivity index (χ4n) is 2.14. The third kappa shape index (κ3) is 3.13. The largest absolute Gasteiger partial charge is 0.394 e. The van der Waals surface area contributed by atoms with Crippen molar-refractivity contribution in [1.29, 1.82) is 0 Å². The molecule has 1 unspecified atom stereocenters. The number of likely N-dealkylation sites (N-methyl/N-ethyl adjacent to an activating group) is 1. The standard InChI is InChI=1S/C12H18BrN3O2/c1-2-15-3-4-18-9(5-15)6-16-7-10(13)12(17)11(14)8-16/h7-9H,2-6,14H2,1H3. The number of nitrogens with zero attached hydrogens (tertiary/aromatic N) is 2. The fraction of sp³-hybridized carbons (Fsp3) is 0.583. The lowest BCUT2D eigenvalue weighted by atomic mass is 10.2. The maximum absolute atomic E-state index is 11.5. The molecule has 0 radical (unpaired) electrons. The first-order chi connectivity index (χ1) is 8.60. The van der Waals surface area contributed by atoms with Gasteiger partial charge in [0.15, 0.2) is 0 Å². The van der Waals surface area contributed by atoms with Crippen LogP contribution in [0.25, 0.3) is 0 Å². The second-order valence-electron chi connectivity index (χ2n) is 4.47. The Hall–Kier alpha value is -0.850. The molecule has 1 aromatic rings. The molecule has 5 nitrogen and oxygen atoms in total. The summed E-state index contributed by atoms with van der Waals surface area (Å²) >= 11 is 3.22. The van der Waals surface area contributed by atoms with Crippen LogP contribution in [0, 0.1) is 0 Å². The van der Waals surface area contributed by atoms with Gasteiger partial charge in [-0.15, -0.1) is 0 Å². The van der Waals surface area contributed by atoms with E-state index in [1.807, 2.05) is 4.57 Å². The molecule has 1 aliphatic heterocycles. The maximum atomic E-state index is 11.5. The predicted octanol–water partition coefficient (Wildman–Crippen LogP) is 0.914. The van der Waals surface area contributed by atoms with E-state index in [4.69, 9.17) is 10.5 Å². The Morgan fingerprint density at radius 3 is 3.00 bits per heavy atom. The lowest BCUT2D eigenvalue weighted by Crippen LogP contribution is -2.44. The molecule has 0 aromatic carbocycles. The summed E-state index contributed by atoms with van der Waals surface area (Å²) in [5, 5.41) is 0. The minimum Gasteiger partial charge on any atom is -0.394 e. The molecule has 0 spiro atoms. The quantitative estimate of drug-likeness (QED) is 0.901. The van der Waals surface area contributed by atoms with Crippen LogP contribution in [-0.4, -0.2) is 41.8 Å². The van der Waals surface area contributed by atoms with E-state index in [1.165, 1.54) is 0 Å². The van der Waals surface area contributed by atoms with Crippen molar-refractivity contribution in [2.45, 2.75) is 19.6 Å². The first-order valence-corrected chi connectivity index (χ1v) is 6.88. The highest BCUT2D eigenvalue weighted by Crippen LogP contribution is 2.11.